The van der Waals surface area contributed by atoms with Crippen molar-refractivity contribution >= 4 is 28.4 Å². The third-order valence-electron chi connectivity index (χ3n) is 1.89. The molecule has 5 nitrogen and oxygen atoms in total. The predicted molar refractivity (Wildman–Crippen MR) is 65.1 cm³/mol. The lowest BCUT2D eigenvalue weighted by Gasteiger charge is -2.06. The van der Waals surface area contributed by atoms with E-state index in [1.807, 2.05) is 6.20 Å². The van der Waals surface area contributed by atoms with E-state index in [0.717, 1.165) is 3.57 Å². The second-order valence-electron chi connectivity index (χ2n) is 2.91. The second-order valence-corrected chi connectivity index (χ2v) is 4.16. The van der Waals surface area contributed by atoms with Crippen LogP contribution in [0.5, 0.6) is 0 Å². The molecule has 0 atom stereocenters. The highest BCUT2D eigenvalue weighted by Crippen LogP contribution is 2.13. The number of amidine groups is 1. The van der Waals surface area contributed by atoms with E-state index in [0.29, 0.717) is 11.3 Å². The molecule has 15 heavy (non-hydrogen) atoms. The number of hydrogen-bond donors (Lipinski definition) is 2. The van der Waals surface area contributed by atoms with E-state index in [1.54, 1.807) is 29.3 Å². The molecule has 0 aliphatic rings. The van der Waals surface area contributed by atoms with Crippen LogP contribution in [0.3, 0.4) is 0 Å². The van der Waals surface area contributed by atoms with Gasteiger partial charge in [0.25, 0.3) is 0 Å². The van der Waals surface area contributed by atoms with Crippen LogP contribution in [0.1, 0.15) is 5.56 Å². The van der Waals surface area contributed by atoms with Crippen LogP contribution >= 0.6 is 22.6 Å². The van der Waals surface area contributed by atoms with E-state index >= 15 is 0 Å². The molecule has 0 aliphatic carbocycles. The smallest absolute Gasteiger partial charge is 0.125 e. The Hall–Kier alpha value is -1.44. The van der Waals surface area contributed by atoms with Crippen molar-refractivity contribution in [1.29, 1.82) is 5.41 Å². The fourth-order valence-corrected chi connectivity index (χ4v) is 1.62. The van der Waals surface area contributed by atoms with Crippen LogP contribution in [0.15, 0.2) is 30.9 Å². The molecule has 3 N–H and O–H groups in total. The van der Waals surface area contributed by atoms with Crippen LogP contribution in [-0.2, 0) is 0 Å². The van der Waals surface area contributed by atoms with Gasteiger partial charge in [-0.15, -0.1) is 0 Å². The van der Waals surface area contributed by atoms with Gasteiger partial charge in [-0.05, 0) is 28.7 Å². The van der Waals surface area contributed by atoms with Crippen LogP contribution in [0.2, 0.25) is 0 Å². The first kappa shape index (κ1) is 10.1. The summed E-state index contributed by atoms with van der Waals surface area (Å²) >= 11 is 2.17. The molecule has 0 fully saturated rings. The van der Waals surface area contributed by atoms with Gasteiger partial charge in [0.05, 0.1) is 21.7 Å². The maximum absolute atomic E-state index is 7.44. The van der Waals surface area contributed by atoms with E-state index in [2.05, 4.69) is 32.7 Å². The van der Waals surface area contributed by atoms with E-state index in [9.17, 15) is 0 Å². The zero-order valence-electron chi connectivity index (χ0n) is 7.68. The topological polar surface area (TPSA) is 80.6 Å². The van der Waals surface area contributed by atoms with Gasteiger partial charge in [-0.25, -0.2) is 4.68 Å². The minimum atomic E-state index is 0.0120. The van der Waals surface area contributed by atoms with Crippen LogP contribution in [-0.4, -0.2) is 20.6 Å². The van der Waals surface area contributed by atoms with E-state index < -0.39 is 0 Å². The molecule has 6 heteroatoms. The zero-order valence-corrected chi connectivity index (χ0v) is 9.84. The summed E-state index contributed by atoms with van der Waals surface area (Å²) in [6.45, 7) is 0. The van der Waals surface area contributed by atoms with Gasteiger partial charge in [0.1, 0.15) is 5.84 Å². The van der Waals surface area contributed by atoms with Crippen molar-refractivity contribution in [3.05, 3.63) is 40.0 Å². The zero-order chi connectivity index (χ0) is 10.8. The minimum absolute atomic E-state index is 0.0120. The van der Waals surface area contributed by atoms with Crippen molar-refractivity contribution in [3.63, 3.8) is 0 Å². The molecule has 2 aromatic rings. The maximum Gasteiger partial charge on any atom is 0.125 e. The number of aromatic nitrogens is 3. The minimum Gasteiger partial charge on any atom is -0.384 e. The van der Waals surface area contributed by atoms with E-state index in [1.165, 1.54) is 0 Å². The lowest BCUT2D eigenvalue weighted by atomic mass is 10.2. The maximum atomic E-state index is 7.44. The van der Waals surface area contributed by atoms with Crippen molar-refractivity contribution in [2.45, 2.75) is 0 Å². The molecule has 76 valence electrons. The van der Waals surface area contributed by atoms with E-state index in [4.69, 9.17) is 11.1 Å². The third kappa shape index (κ3) is 1.99. The normalized spacial score (nSPS) is 10.2. The number of nitrogens with one attached hydrogen (secondary N) is 1. The van der Waals surface area contributed by atoms with Crippen molar-refractivity contribution < 1.29 is 0 Å². The Morgan fingerprint density at radius 2 is 2.27 bits per heavy atom. The second kappa shape index (κ2) is 3.97. The highest BCUT2D eigenvalue weighted by Gasteiger charge is 2.07. The first-order valence-electron chi connectivity index (χ1n) is 4.17. The van der Waals surface area contributed by atoms with Crippen LogP contribution < -0.4 is 5.73 Å². The fourth-order valence-electron chi connectivity index (χ4n) is 1.23. The number of halogens is 1. The van der Waals surface area contributed by atoms with Crippen molar-refractivity contribution in [2.75, 3.05) is 0 Å². The summed E-state index contributed by atoms with van der Waals surface area (Å²) in [7, 11) is 0. The van der Waals surface area contributed by atoms with Crippen molar-refractivity contribution in [1.82, 2.24) is 14.8 Å². The van der Waals surface area contributed by atoms with Crippen LogP contribution in [0.4, 0.5) is 0 Å². The lowest BCUT2D eigenvalue weighted by Crippen LogP contribution is -2.15. The first-order chi connectivity index (χ1) is 7.18. The largest absolute Gasteiger partial charge is 0.384 e. The number of nitrogens with two attached hydrogens (primary N) is 1. The highest BCUT2D eigenvalue weighted by atomic mass is 127. The Bertz CT molecular complexity index is 505. The molecule has 0 aromatic carbocycles. The average Bonchev–Trinajstić information content (AvgIpc) is 2.65. The van der Waals surface area contributed by atoms with E-state index in [-0.39, 0.29) is 5.84 Å². The molecule has 0 aliphatic heterocycles. The summed E-state index contributed by atoms with van der Waals surface area (Å²) in [5, 5.41) is 11.6. The predicted octanol–water partition coefficient (Wildman–Crippen LogP) is 1.16. The van der Waals surface area contributed by atoms with Gasteiger partial charge in [-0.3, -0.25) is 10.4 Å². The van der Waals surface area contributed by atoms with Crippen LogP contribution in [0.25, 0.3) is 5.69 Å². The highest BCUT2D eigenvalue weighted by molar-refractivity contribution is 14.1. The standard InChI is InChI=1S/C9H8IN5/c10-6-3-14-15(5-6)8-4-13-2-1-7(8)9(11)12/h1-5H,(H3,11,12). The molecule has 0 spiro atoms. The molecule has 2 rings (SSSR count). The van der Waals surface area contributed by atoms with Crippen molar-refractivity contribution in [2.24, 2.45) is 5.73 Å². The quantitative estimate of drug-likeness (QED) is 0.496. The van der Waals surface area contributed by atoms with Gasteiger partial charge in [-0.2, -0.15) is 5.10 Å². The van der Waals surface area contributed by atoms with Gasteiger partial charge < -0.3 is 5.73 Å². The van der Waals surface area contributed by atoms with Crippen LogP contribution in [0, 0.1) is 8.98 Å². The SMILES string of the molecule is N=C(N)c1ccncc1-n1cc(I)cn1. The molecule has 0 radical (unpaired) electrons. The number of hydrogen-bond acceptors (Lipinski definition) is 3. The molecule has 0 amide bonds. The lowest BCUT2D eigenvalue weighted by molar-refractivity contribution is 0.871. The fraction of sp³-hybridized carbons (Fsp3) is 0. The molecular weight excluding hydrogens is 305 g/mol. The number of pyridine rings is 1. The Morgan fingerprint density at radius 3 is 2.87 bits per heavy atom. The number of nitrogens with zero attached hydrogens (tertiary/aromatic N) is 3. The molecule has 0 saturated heterocycles. The van der Waals surface area contributed by atoms with Gasteiger partial charge in [0, 0.05) is 18.0 Å². The third-order valence-corrected chi connectivity index (χ3v) is 2.45. The van der Waals surface area contributed by atoms with Gasteiger partial charge in [0.2, 0.25) is 0 Å². The van der Waals surface area contributed by atoms with Crippen molar-refractivity contribution in [3.8, 4) is 5.69 Å². The Kier molecular flexibility index (Phi) is 2.67. The van der Waals surface area contributed by atoms with Gasteiger partial charge in [-0.1, -0.05) is 0 Å². The molecular formula is C9H8IN5. The monoisotopic (exact) mass is 313 g/mol. The number of nitrogen functional groups attached to an aromatic ring is 1. The molecule has 0 saturated carbocycles. The Morgan fingerprint density at radius 1 is 1.47 bits per heavy atom. The molecule has 0 unspecified atom stereocenters. The summed E-state index contributed by atoms with van der Waals surface area (Å²) in [4.78, 5) is 4.00. The molecule has 0 bridgehead atoms. The first-order valence-corrected chi connectivity index (χ1v) is 5.25. The Balaban J connectivity index is 2.57. The molecule has 2 aromatic heterocycles. The summed E-state index contributed by atoms with van der Waals surface area (Å²) in [5.74, 6) is 0.0120. The Labute approximate surface area is 100.0 Å². The number of rotatable bonds is 2. The van der Waals surface area contributed by atoms with Gasteiger partial charge in [0.15, 0.2) is 0 Å². The summed E-state index contributed by atoms with van der Waals surface area (Å²) < 4.78 is 2.68. The summed E-state index contributed by atoms with van der Waals surface area (Å²) in [6.07, 6.45) is 6.83. The molecule has 2 heterocycles. The summed E-state index contributed by atoms with van der Waals surface area (Å²) in [6, 6.07) is 1.70. The van der Waals surface area contributed by atoms with Gasteiger partial charge >= 0.3 is 0 Å². The average molecular weight is 313 g/mol. The summed E-state index contributed by atoms with van der Waals surface area (Å²) in [5.41, 5.74) is 6.82.